The average molecular weight is 428 g/mol. The molecule has 0 amide bonds. The first-order chi connectivity index (χ1) is 15.2. The minimum Gasteiger partial charge on any atom is -0.465 e. The molecule has 5 rings (SSSR count). The van der Waals surface area contributed by atoms with Crippen molar-refractivity contribution in [1.82, 2.24) is 0 Å². The number of fused-ring (bicyclic) bond motifs is 3. The first-order valence-corrected chi connectivity index (χ1v) is 11.6. The van der Waals surface area contributed by atoms with Crippen LogP contribution in [-0.2, 0) is 10.5 Å². The van der Waals surface area contributed by atoms with Gasteiger partial charge in [-0.1, -0.05) is 54.6 Å². The Morgan fingerprint density at radius 3 is 2.65 bits per heavy atom. The van der Waals surface area contributed by atoms with Gasteiger partial charge in [0.2, 0.25) is 0 Å². The summed E-state index contributed by atoms with van der Waals surface area (Å²) in [6, 6.07) is 25.4. The molecule has 2 aliphatic rings. The van der Waals surface area contributed by atoms with Crippen molar-refractivity contribution in [2.45, 2.75) is 29.0 Å². The van der Waals surface area contributed by atoms with Crippen molar-refractivity contribution >= 4 is 23.4 Å². The monoisotopic (exact) mass is 427 g/mol. The van der Waals surface area contributed by atoms with Crippen molar-refractivity contribution < 1.29 is 9.53 Å². The molecular formula is C27H25NO2S. The summed E-state index contributed by atoms with van der Waals surface area (Å²) in [5.41, 5.74) is 5.76. The molecule has 1 N–H and O–H groups in total. The van der Waals surface area contributed by atoms with Crippen LogP contribution in [0.1, 0.15) is 45.4 Å². The second-order valence-electron chi connectivity index (χ2n) is 8.11. The van der Waals surface area contributed by atoms with Crippen LogP contribution < -0.4 is 5.32 Å². The molecule has 4 heteroatoms. The Balaban J connectivity index is 1.38. The number of ether oxygens (including phenoxy) is 1. The van der Waals surface area contributed by atoms with Gasteiger partial charge in [-0.25, -0.2) is 4.79 Å². The molecule has 3 nitrogen and oxygen atoms in total. The lowest BCUT2D eigenvalue weighted by Gasteiger charge is -2.37. The van der Waals surface area contributed by atoms with Crippen LogP contribution in [0.2, 0.25) is 0 Å². The number of thioether (sulfide) groups is 1. The van der Waals surface area contributed by atoms with Crippen molar-refractivity contribution in [3.8, 4) is 0 Å². The lowest BCUT2D eigenvalue weighted by molar-refractivity contribution is 0.0600. The molecule has 3 aromatic carbocycles. The number of allylic oxidation sites excluding steroid dienone is 2. The highest BCUT2D eigenvalue weighted by molar-refractivity contribution is 7.98. The van der Waals surface area contributed by atoms with E-state index >= 15 is 0 Å². The first-order valence-electron chi connectivity index (χ1n) is 10.6. The number of methoxy groups -OCH3 is 1. The topological polar surface area (TPSA) is 38.3 Å². The number of anilines is 1. The van der Waals surface area contributed by atoms with Gasteiger partial charge in [0.25, 0.3) is 0 Å². The number of esters is 1. The smallest absolute Gasteiger partial charge is 0.337 e. The maximum Gasteiger partial charge on any atom is 0.337 e. The van der Waals surface area contributed by atoms with Crippen molar-refractivity contribution in [3.63, 3.8) is 0 Å². The highest BCUT2D eigenvalue weighted by Crippen LogP contribution is 2.50. The van der Waals surface area contributed by atoms with Crippen LogP contribution in [0.25, 0.3) is 0 Å². The standard InChI is InChI=1S/C27H25NO2S/c1-30-27(29)20-13-11-19(12-14-20)26-23-9-5-8-22(23)24-16-18(10-15-25(24)28-26)17-31-21-6-3-2-4-7-21/h2-8,10-16,22-23,26,28H,9,17H2,1H3/t22-,23+,26-/m0/s1. The fourth-order valence-electron chi connectivity index (χ4n) is 4.69. The molecule has 0 saturated heterocycles. The van der Waals surface area contributed by atoms with Gasteiger partial charge in [-0.2, -0.15) is 0 Å². The minimum absolute atomic E-state index is 0.226. The Bertz CT molecular complexity index is 1110. The molecular weight excluding hydrogens is 402 g/mol. The summed E-state index contributed by atoms with van der Waals surface area (Å²) in [6.07, 6.45) is 5.74. The second-order valence-corrected chi connectivity index (χ2v) is 9.16. The molecule has 1 heterocycles. The van der Waals surface area contributed by atoms with Gasteiger partial charge in [-0.15, -0.1) is 11.8 Å². The van der Waals surface area contributed by atoms with Crippen LogP contribution in [0.3, 0.4) is 0 Å². The van der Waals surface area contributed by atoms with E-state index in [4.69, 9.17) is 4.74 Å². The van der Waals surface area contributed by atoms with E-state index in [9.17, 15) is 4.79 Å². The highest BCUT2D eigenvalue weighted by atomic mass is 32.2. The summed E-state index contributed by atoms with van der Waals surface area (Å²) in [5.74, 6) is 1.57. The third kappa shape index (κ3) is 4.00. The summed E-state index contributed by atoms with van der Waals surface area (Å²) < 4.78 is 4.83. The van der Waals surface area contributed by atoms with Gasteiger partial charge in [0.15, 0.2) is 0 Å². The summed E-state index contributed by atoms with van der Waals surface area (Å²) >= 11 is 1.88. The van der Waals surface area contributed by atoms with Crippen LogP contribution in [0.4, 0.5) is 5.69 Å². The predicted octanol–water partition coefficient (Wildman–Crippen LogP) is 6.59. The third-order valence-electron chi connectivity index (χ3n) is 6.27. The summed E-state index contributed by atoms with van der Waals surface area (Å²) in [5, 5.41) is 3.79. The van der Waals surface area contributed by atoms with Gasteiger partial charge >= 0.3 is 5.97 Å². The predicted molar refractivity (Wildman–Crippen MR) is 127 cm³/mol. The van der Waals surface area contributed by atoms with Crippen molar-refractivity contribution in [3.05, 3.63) is 107 Å². The van der Waals surface area contributed by atoms with Gasteiger partial charge in [-0.05, 0) is 59.4 Å². The van der Waals surface area contributed by atoms with E-state index in [0.29, 0.717) is 17.4 Å². The molecule has 3 atom stereocenters. The molecule has 0 saturated carbocycles. The van der Waals surface area contributed by atoms with Crippen LogP contribution in [-0.4, -0.2) is 13.1 Å². The molecule has 1 aliphatic carbocycles. The van der Waals surface area contributed by atoms with Crippen LogP contribution in [0.5, 0.6) is 0 Å². The Kier molecular flexibility index (Phi) is 5.56. The Morgan fingerprint density at radius 1 is 1.06 bits per heavy atom. The van der Waals surface area contributed by atoms with Crippen molar-refractivity contribution in [2.75, 3.05) is 12.4 Å². The molecule has 0 bridgehead atoms. The maximum absolute atomic E-state index is 11.8. The van der Waals surface area contributed by atoms with E-state index < -0.39 is 0 Å². The fourth-order valence-corrected chi connectivity index (χ4v) is 5.55. The molecule has 0 fully saturated rings. The van der Waals surface area contributed by atoms with Crippen LogP contribution in [0.15, 0.2) is 89.8 Å². The van der Waals surface area contributed by atoms with Crippen LogP contribution in [0, 0.1) is 5.92 Å². The minimum atomic E-state index is -0.296. The van der Waals surface area contributed by atoms with E-state index in [2.05, 4.69) is 78.1 Å². The summed E-state index contributed by atoms with van der Waals surface area (Å²) in [7, 11) is 1.41. The third-order valence-corrected chi connectivity index (χ3v) is 7.35. The molecule has 156 valence electrons. The number of benzene rings is 3. The van der Waals surface area contributed by atoms with Crippen molar-refractivity contribution in [1.29, 1.82) is 0 Å². The van der Waals surface area contributed by atoms with Gasteiger partial charge in [0.05, 0.1) is 18.7 Å². The number of carbonyl (C=O) groups is 1. The normalized spacial score (nSPS) is 21.1. The SMILES string of the molecule is COC(=O)c1ccc([C@@H]2Nc3ccc(CSc4ccccc4)cc3[C@H]3C=CC[C@H]32)cc1. The molecule has 3 aromatic rings. The van der Waals surface area contributed by atoms with E-state index in [0.717, 1.165) is 12.2 Å². The molecule has 0 radical (unpaired) electrons. The largest absolute Gasteiger partial charge is 0.465 e. The Hall–Kier alpha value is -2.98. The summed E-state index contributed by atoms with van der Waals surface area (Å²) in [6.45, 7) is 0. The molecule has 0 spiro atoms. The molecule has 0 aromatic heterocycles. The zero-order valence-electron chi connectivity index (χ0n) is 17.5. The highest BCUT2D eigenvalue weighted by Gasteiger charge is 2.37. The number of nitrogens with one attached hydrogen (secondary N) is 1. The maximum atomic E-state index is 11.8. The van der Waals surface area contributed by atoms with Crippen LogP contribution >= 0.6 is 11.8 Å². The number of carbonyl (C=O) groups excluding carboxylic acids is 1. The van der Waals surface area contributed by atoms with E-state index in [-0.39, 0.29) is 12.0 Å². The Morgan fingerprint density at radius 2 is 1.87 bits per heavy atom. The molecule has 1 aliphatic heterocycles. The summed E-state index contributed by atoms with van der Waals surface area (Å²) in [4.78, 5) is 13.1. The fraction of sp³-hybridized carbons (Fsp3) is 0.222. The second kappa shape index (κ2) is 8.64. The average Bonchev–Trinajstić information content (AvgIpc) is 3.33. The number of hydrogen-bond acceptors (Lipinski definition) is 4. The lowest BCUT2D eigenvalue weighted by atomic mass is 9.76. The van der Waals surface area contributed by atoms with E-state index in [1.54, 1.807) is 0 Å². The van der Waals surface area contributed by atoms with Gasteiger partial charge in [0.1, 0.15) is 0 Å². The molecule has 0 unspecified atom stereocenters. The Labute approximate surface area is 187 Å². The molecule has 31 heavy (non-hydrogen) atoms. The van der Waals surface area contributed by atoms with E-state index in [1.807, 2.05) is 23.9 Å². The quantitative estimate of drug-likeness (QED) is 0.283. The van der Waals surface area contributed by atoms with Gasteiger partial charge < -0.3 is 10.1 Å². The number of rotatable bonds is 5. The van der Waals surface area contributed by atoms with Gasteiger partial charge in [0, 0.05) is 22.3 Å². The zero-order chi connectivity index (χ0) is 21.2. The van der Waals surface area contributed by atoms with Crippen molar-refractivity contribution in [2.24, 2.45) is 5.92 Å². The van der Waals surface area contributed by atoms with E-state index in [1.165, 1.54) is 34.4 Å². The van der Waals surface area contributed by atoms with Gasteiger partial charge in [-0.3, -0.25) is 0 Å². The number of hydrogen-bond donors (Lipinski definition) is 1. The first kappa shape index (κ1) is 20.0. The lowest BCUT2D eigenvalue weighted by Crippen LogP contribution is -2.29. The zero-order valence-corrected chi connectivity index (χ0v) is 18.3.